The van der Waals surface area contributed by atoms with Crippen molar-refractivity contribution in [3.63, 3.8) is 0 Å². The minimum atomic E-state index is -0.309. The molecule has 5 nitrogen and oxygen atoms in total. The van der Waals surface area contributed by atoms with Gasteiger partial charge in [0.25, 0.3) is 5.91 Å². The van der Waals surface area contributed by atoms with Crippen molar-refractivity contribution in [1.82, 2.24) is 0 Å². The Labute approximate surface area is 148 Å². The number of thiophene rings is 1. The maximum absolute atomic E-state index is 12.3. The van der Waals surface area contributed by atoms with Crippen molar-refractivity contribution < 1.29 is 19.6 Å². The van der Waals surface area contributed by atoms with E-state index in [0.717, 1.165) is 44.2 Å². The lowest BCUT2D eigenvalue weighted by Gasteiger charge is -2.12. The van der Waals surface area contributed by atoms with Crippen LogP contribution in [0.2, 0.25) is 0 Å². The van der Waals surface area contributed by atoms with E-state index >= 15 is 0 Å². The van der Waals surface area contributed by atoms with Crippen molar-refractivity contribution in [3.05, 3.63) is 16.0 Å². The second kappa shape index (κ2) is 9.18. The van der Waals surface area contributed by atoms with E-state index < -0.39 is 0 Å². The number of carbonyl (C=O) groups is 2. The molecule has 1 amide bonds. The predicted octanol–water partition coefficient (Wildman–Crippen LogP) is 2.35. The topological polar surface area (TPSA) is 72.0 Å². The molecule has 1 aromatic rings. The van der Waals surface area contributed by atoms with Crippen LogP contribution in [0.15, 0.2) is 0 Å². The molecule has 0 saturated carbocycles. The van der Waals surface area contributed by atoms with Crippen LogP contribution in [0.1, 0.15) is 60.8 Å². The highest BCUT2D eigenvalue weighted by Gasteiger charge is 2.27. The van der Waals surface area contributed by atoms with Crippen LogP contribution in [-0.4, -0.2) is 31.6 Å². The number of nitrogens with one attached hydrogen (secondary N) is 1. The number of carbonyl (C=O) groups excluding carboxylic acids is 2. The van der Waals surface area contributed by atoms with E-state index in [1.807, 2.05) is 5.32 Å². The molecule has 24 heavy (non-hydrogen) atoms. The van der Waals surface area contributed by atoms with Crippen molar-refractivity contribution in [2.75, 3.05) is 25.0 Å². The van der Waals surface area contributed by atoms with Gasteiger partial charge in [0.2, 0.25) is 0 Å². The zero-order chi connectivity index (χ0) is 17.5. The highest BCUT2D eigenvalue weighted by molar-refractivity contribution is 7.17. The molecule has 0 saturated heterocycles. The lowest BCUT2D eigenvalue weighted by atomic mass is 9.95. The highest BCUT2D eigenvalue weighted by atomic mass is 32.1. The molecule has 0 atom stereocenters. The summed E-state index contributed by atoms with van der Waals surface area (Å²) in [5.41, 5.74) is 1.68. The molecule has 1 aliphatic rings. The van der Waals surface area contributed by atoms with Gasteiger partial charge in [-0.15, -0.1) is 11.3 Å². The first-order chi connectivity index (χ1) is 11.5. The molecule has 0 bridgehead atoms. The van der Waals surface area contributed by atoms with Gasteiger partial charge in [0.05, 0.1) is 18.7 Å². The van der Waals surface area contributed by atoms with Crippen LogP contribution in [0.5, 0.6) is 0 Å². The zero-order valence-electron chi connectivity index (χ0n) is 14.9. The molecule has 6 heteroatoms. The van der Waals surface area contributed by atoms with Crippen molar-refractivity contribution in [3.8, 4) is 0 Å². The molecule has 0 aliphatic heterocycles. The van der Waals surface area contributed by atoms with Crippen LogP contribution in [0.4, 0.5) is 5.00 Å². The van der Waals surface area contributed by atoms with Crippen LogP contribution in [-0.2, 0) is 22.4 Å². The summed E-state index contributed by atoms with van der Waals surface area (Å²) in [5.74, 6) is 0.280. The molecule has 2 rings (SSSR count). The van der Waals surface area contributed by atoms with E-state index in [-0.39, 0.29) is 11.9 Å². The number of anilines is 1. The minimum absolute atomic E-state index is 0.0529. The molecular formula is C18H29N2O3S+. The fraction of sp³-hybridized carbons (Fsp3) is 0.667. The Morgan fingerprint density at radius 1 is 1.29 bits per heavy atom. The highest BCUT2D eigenvalue weighted by Crippen LogP contribution is 2.38. The van der Waals surface area contributed by atoms with Gasteiger partial charge in [0.15, 0.2) is 6.54 Å². The second-order valence-electron chi connectivity index (χ2n) is 6.65. The van der Waals surface area contributed by atoms with Crippen LogP contribution in [0.3, 0.4) is 0 Å². The molecule has 1 aliphatic carbocycles. The third-order valence-electron chi connectivity index (χ3n) is 4.18. The fourth-order valence-corrected chi connectivity index (χ4v) is 4.23. The number of fused-ring (bicyclic) bond motifs is 1. The Balaban J connectivity index is 2.04. The van der Waals surface area contributed by atoms with Gasteiger partial charge in [0, 0.05) is 4.88 Å². The van der Waals surface area contributed by atoms with Crippen molar-refractivity contribution in [2.24, 2.45) is 5.92 Å². The Morgan fingerprint density at radius 2 is 2.04 bits per heavy atom. The number of aryl methyl sites for hydroxylation is 1. The van der Waals surface area contributed by atoms with Gasteiger partial charge in [-0.1, -0.05) is 13.8 Å². The number of rotatable bonds is 8. The van der Waals surface area contributed by atoms with Gasteiger partial charge in [-0.2, -0.15) is 0 Å². The minimum Gasteiger partial charge on any atom is -0.462 e. The molecule has 3 N–H and O–H groups in total. The Kier molecular flexibility index (Phi) is 7.24. The van der Waals surface area contributed by atoms with E-state index in [1.54, 1.807) is 18.3 Å². The smallest absolute Gasteiger partial charge is 0.341 e. The van der Waals surface area contributed by atoms with Crippen molar-refractivity contribution >= 4 is 28.2 Å². The number of hydrogen-bond donors (Lipinski definition) is 2. The molecule has 1 heterocycles. The molecule has 0 fully saturated rings. The summed E-state index contributed by atoms with van der Waals surface area (Å²) in [7, 11) is 0. The molecule has 0 aromatic carbocycles. The largest absolute Gasteiger partial charge is 0.462 e. The number of esters is 1. The zero-order valence-corrected chi connectivity index (χ0v) is 15.8. The molecule has 0 unspecified atom stereocenters. The summed E-state index contributed by atoms with van der Waals surface area (Å²) in [6, 6.07) is 0. The van der Waals surface area contributed by atoms with Crippen LogP contribution < -0.4 is 10.6 Å². The number of nitrogens with two attached hydrogens (primary N) is 1. The maximum atomic E-state index is 12.3. The first-order valence-electron chi connectivity index (χ1n) is 8.96. The van der Waals surface area contributed by atoms with Gasteiger partial charge in [-0.25, -0.2) is 4.79 Å². The third kappa shape index (κ3) is 5.05. The Morgan fingerprint density at radius 3 is 2.75 bits per heavy atom. The van der Waals surface area contributed by atoms with Gasteiger partial charge >= 0.3 is 5.97 Å². The van der Waals surface area contributed by atoms with E-state index in [0.29, 0.717) is 29.6 Å². The summed E-state index contributed by atoms with van der Waals surface area (Å²) in [4.78, 5) is 25.8. The molecule has 0 spiro atoms. The summed E-state index contributed by atoms with van der Waals surface area (Å²) < 4.78 is 5.21. The fourth-order valence-electron chi connectivity index (χ4n) is 2.94. The lowest BCUT2D eigenvalue weighted by Crippen LogP contribution is -2.86. The second-order valence-corrected chi connectivity index (χ2v) is 7.75. The molecule has 0 radical (unpaired) electrons. The van der Waals surface area contributed by atoms with E-state index in [1.165, 1.54) is 4.88 Å². The van der Waals surface area contributed by atoms with Gasteiger partial charge in [-0.3, -0.25) is 4.79 Å². The van der Waals surface area contributed by atoms with E-state index in [2.05, 4.69) is 19.2 Å². The first-order valence-corrected chi connectivity index (χ1v) is 9.77. The average Bonchev–Trinajstić information content (AvgIpc) is 2.89. The molecular weight excluding hydrogens is 324 g/mol. The Bertz CT molecular complexity index is 581. The van der Waals surface area contributed by atoms with Gasteiger partial charge < -0.3 is 15.4 Å². The standard InChI is InChI=1S/C18H28N2O3S/c1-4-23-18(22)16-13-7-5-6-8-14(13)24-17(16)20-15(21)11-19-10-9-12(2)3/h12,19H,4-11H2,1-3H3,(H,20,21)/p+1. The van der Waals surface area contributed by atoms with Crippen molar-refractivity contribution in [2.45, 2.75) is 52.9 Å². The van der Waals surface area contributed by atoms with Crippen LogP contribution >= 0.6 is 11.3 Å². The summed E-state index contributed by atoms with van der Waals surface area (Å²) in [6.07, 6.45) is 5.21. The Hall–Kier alpha value is -1.40. The number of ether oxygens (including phenoxy) is 1. The SMILES string of the molecule is CCOC(=O)c1c(NC(=O)C[NH2+]CCC(C)C)sc2c1CCCC2. The predicted molar refractivity (Wildman–Crippen MR) is 96.7 cm³/mol. The quantitative estimate of drug-likeness (QED) is 0.557. The van der Waals surface area contributed by atoms with Gasteiger partial charge in [-0.05, 0) is 50.5 Å². The first kappa shape index (κ1) is 18.9. The summed E-state index contributed by atoms with van der Waals surface area (Å²) in [5, 5.41) is 5.63. The normalized spacial score (nSPS) is 13.7. The van der Waals surface area contributed by atoms with E-state index in [9.17, 15) is 9.59 Å². The lowest BCUT2D eigenvalue weighted by molar-refractivity contribution is -0.644. The van der Waals surface area contributed by atoms with Crippen molar-refractivity contribution in [1.29, 1.82) is 0 Å². The monoisotopic (exact) mass is 353 g/mol. The number of hydrogen-bond acceptors (Lipinski definition) is 4. The maximum Gasteiger partial charge on any atom is 0.341 e. The third-order valence-corrected chi connectivity index (χ3v) is 5.39. The van der Waals surface area contributed by atoms with E-state index in [4.69, 9.17) is 4.74 Å². The number of quaternary nitrogens is 1. The molecule has 1 aromatic heterocycles. The van der Waals surface area contributed by atoms with Crippen LogP contribution in [0.25, 0.3) is 0 Å². The summed E-state index contributed by atoms with van der Waals surface area (Å²) in [6.45, 7) is 7.83. The summed E-state index contributed by atoms with van der Waals surface area (Å²) >= 11 is 1.54. The number of amides is 1. The molecule has 134 valence electrons. The average molecular weight is 354 g/mol. The van der Waals surface area contributed by atoms with Gasteiger partial charge in [0.1, 0.15) is 5.00 Å². The van der Waals surface area contributed by atoms with Crippen LogP contribution in [0, 0.1) is 5.92 Å².